The normalized spacial score (nSPS) is 16.6. The Morgan fingerprint density at radius 1 is 1.18 bits per heavy atom. The molecule has 2 fully saturated rings. The number of hydrogen-bond acceptors (Lipinski definition) is 6. The molecule has 1 saturated heterocycles. The van der Waals surface area contributed by atoms with Crippen LogP contribution in [0, 0.1) is 0 Å². The molecular weight excluding hydrogens is 364 g/mol. The number of rotatable bonds is 7. The molecule has 10 heteroatoms. The predicted molar refractivity (Wildman–Crippen MR) is 97.0 cm³/mol. The van der Waals surface area contributed by atoms with E-state index in [0.29, 0.717) is 5.82 Å². The van der Waals surface area contributed by atoms with Crippen LogP contribution < -0.4 is 11.0 Å². The van der Waals surface area contributed by atoms with E-state index in [9.17, 15) is 19.2 Å². The van der Waals surface area contributed by atoms with Gasteiger partial charge in [-0.25, -0.2) is 9.48 Å². The second-order valence-electron chi connectivity index (χ2n) is 6.90. The minimum Gasteiger partial charge on any atom is -0.353 e. The number of carbonyl (C=O) groups is 3. The molecule has 0 bridgehead atoms. The molecule has 0 spiro atoms. The monoisotopic (exact) mass is 384 g/mol. The van der Waals surface area contributed by atoms with Crippen molar-refractivity contribution in [2.45, 2.75) is 38.3 Å². The highest BCUT2D eigenvalue weighted by atomic mass is 16.2. The molecule has 1 saturated carbocycles. The van der Waals surface area contributed by atoms with Crippen LogP contribution >= 0.6 is 0 Å². The Labute approximate surface area is 160 Å². The Balaban J connectivity index is 1.41. The van der Waals surface area contributed by atoms with Crippen molar-refractivity contribution in [3.63, 3.8) is 0 Å². The van der Waals surface area contributed by atoms with Crippen molar-refractivity contribution in [2.75, 3.05) is 13.1 Å². The van der Waals surface area contributed by atoms with Gasteiger partial charge in [-0.15, -0.1) is 5.10 Å². The summed E-state index contributed by atoms with van der Waals surface area (Å²) in [6, 6.07) is 3.79. The van der Waals surface area contributed by atoms with Gasteiger partial charge in [-0.05, 0) is 25.0 Å². The standard InChI is InChI=1S/C18H20N6O4/c25-14(11-22-15(26)5-6-16(22)27)20-8-9-23-18(28)24(13-3-4-13)17(21-23)12-2-1-7-19-10-12/h1-2,7,10,13H,3-6,8-9,11H2,(H,20,25). The minimum atomic E-state index is -0.439. The maximum absolute atomic E-state index is 12.7. The van der Waals surface area contributed by atoms with Gasteiger partial charge in [-0.3, -0.25) is 28.8 Å². The number of likely N-dealkylation sites (tertiary alicyclic amines) is 1. The fourth-order valence-corrected chi connectivity index (χ4v) is 3.22. The van der Waals surface area contributed by atoms with Crippen molar-refractivity contribution < 1.29 is 14.4 Å². The fraction of sp³-hybridized carbons (Fsp3) is 0.444. The molecule has 2 aromatic heterocycles. The van der Waals surface area contributed by atoms with Crippen LogP contribution in [0.3, 0.4) is 0 Å². The molecule has 1 aliphatic carbocycles. The summed E-state index contributed by atoms with van der Waals surface area (Å²) >= 11 is 0. The summed E-state index contributed by atoms with van der Waals surface area (Å²) < 4.78 is 3.01. The van der Waals surface area contributed by atoms with E-state index in [4.69, 9.17) is 0 Å². The van der Waals surface area contributed by atoms with Crippen LogP contribution in [0.1, 0.15) is 31.7 Å². The third-order valence-corrected chi connectivity index (χ3v) is 4.80. The van der Waals surface area contributed by atoms with Gasteiger partial charge in [0.2, 0.25) is 17.7 Å². The van der Waals surface area contributed by atoms with Gasteiger partial charge in [-0.2, -0.15) is 0 Å². The first-order chi connectivity index (χ1) is 13.5. The van der Waals surface area contributed by atoms with Gasteiger partial charge in [0.15, 0.2) is 5.82 Å². The highest BCUT2D eigenvalue weighted by molar-refractivity contribution is 6.04. The van der Waals surface area contributed by atoms with Crippen molar-refractivity contribution in [3.05, 3.63) is 35.0 Å². The molecule has 3 amide bonds. The van der Waals surface area contributed by atoms with Crippen LogP contribution in [0.2, 0.25) is 0 Å². The summed E-state index contributed by atoms with van der Waals surface area (Å²) in [7, 11) is 0. The zero-order valence-corrected chi connectivity index (χ0v) is 15.2. The summed E-state index contributed by atoms with van der Waals surface area (Å²) in [6.07, 6.45) is 5.50. The lowest BCUT2D eigenvalue weighted by atomic mass is 10.3. The maximum atomic E-state index is 12.7. The molecule has 1 N–H and O–H groups in total. The van der Waals surface area contributed by atoms with E-state index in [2.05, 4.69) is 15.4 Å². The van der Waals surface area contributed by atoms with E-state index < -0.39 is 5.91 Å². The van der Waals surface area contributed by atoms with Crippen molar-refractivity contribution >= 4 is 17.7 Å². The van der Waals surface area contributed by atoms with Crippen LogP contribution in [0.15, 0.2) is 29.3 Å². The number of hydrogen-bond donors (Lipinski definition) is 1. The molecule has 0 atom stereocenters. The first-order valence-electron chi connectivity index (χ1n) is 9.24. The number of pyridine rings is 1. The number of nitrogens with one attached hydrogen (secondary N) is 1. The van der Waals surface area contributed by atoms with Crippen LogP contribution in [-0.4, -0.2) is 55.0 Å². The van der Waals surface area contributed by atoms with Crippen molar-refractivity contribution in [2.24, 2.45) is 0 Å². The lowest BCUT2D eigenvalue weighted by Crippen LogP contribution is -2.41. The third-order valence-electron chi connectivity index (χ3n) is 4.80. The molecule has 146 valence electrons. The highest BCUT2D eigenvalue weighted by Gasteiger charge is 2.31. The second-order valence-corrected chi connectivity index (χ2v) is 6.90. The van der Waals surface area contributed by atoms with E-state index in [1.165, 1.54) is 4.68 Å². The Hall–Kier alpha value is -3.30. The number of amides is 3. The molecule has 0 aromatic carbocycles. The van der Waals surface area contributed by atoms with Gasteiger partial charge < -0.3 is 5.32 Å². The topological polar surface area (TPSA) is 119 Å². The van der Waals surface area contributed by atoms with Gasteiger partial charge in [-0.1, -0.05) is 0 Å². The largest absolute Gasteiger partial charge is 0.353 e. The summed E-state index contributed by atoms with van der Waals surface area (Å²) in [5.41, 5.74) is 0.542. The summed E-state index contributed by atoms with van der Waals surface area (Å²) in [6.45, 7) is 0.0760. The number of imide groups is 1. The highest BCUT2D eigenvalue weighted by Crippen LogP contribution is 2.36. The molecule has 2 aliphatic rings. The molecule has 1 aliphatic heterocycles. The van der Waals surface area contributed by atoms with Crippen LogP contribution in [0.5, 0.6) is 0 Å². The van der Waals surface area contributed by atoms with Gasteiger partial charge in [0.05, 0.1) is 6.54 Å². The second kappa shape index (κ2) is 7.37. The Bertz CT molecular complexity index is 960. The zero-order chi connectivity index (χ0) is 19.7. The van der Waals surface area contributed by atoms with Crippen LogP contribution in [-0.2, 0) is 20.9 Å². The molecule has 28 heavy (non-hydrogen) atoms. The van der Waals surface area contributed by atoms with E-state index in [1.54, 1.807) is 23.0 Å². The minimum absolute atomic E-state index is 0.150. The quantitative estimate of drug-likeness (QED) is 0.655. The van der Waals surface area contributed by atoms with E-state index >= 15 is 0 Å². The average molecular weight is 384 g/mol. The van der Waals surface area contributed by atoms with Crippen molar-refractivity contribution in [3.8, 4) is 11.4 Å². The van der Waals surface area contributed by atoms with Crippen molar-refractivity contribution in [1.82, 2.24) is 29.5 Å². The lowest BCUT2D eigenvalue weighted by molar-refractivity contribution is -0.142. The van der Waals surface area contributed by atoms with Crippen LogP contribution in [0.25, 0.3) is 11.4 Å². The zero-order valence-electron chi connectivity index (χ0n) is 15.2. The number of carbonyl (C=O) groups excluding carboxylic acids is 3. The molecule has 0 unspecified atom stereocenters. The van der Waals surface area contributed by atoms with Gasteiger partial charge in [0.25, 0.3) is 0 Å². The molecule has 10 nitrogen and oxygen atoms in total. The summed E-state index contributed by atoms with van der Waals surface area (Å²) in [4.78, 5) is 52.9. The Morgan fingerprint density at radius 3 is 2.57 bits per heavy atom. The molecular formula is C18H20N6O4. The SMILES string of the molecule is O=C(CN1C(=O)CCC1=O)NCCn1nc(-c2cccnc2)n(C2CC2)c1=O. The first-order valence-corrected chi connectivity index (χ1v) is 9.24. The predicted octanol–water partition coefficient (Wildman–Crippen LogP) is -0.293. The van der Waals surface area contributed by atoms with Gasteiger partial charge >= 0.3 is 5.69 Å². The molecule has 4 rings (SSSR count). The molecule has 2 aromatic rings. The number of nitrogens with zero attached hydrogens (tertiary/aromatic N) is 5. The third kappa shape index (κ3) is 3.57. The average Bonchev–Trinajstić information content (AvgIpc) is 3.42. The maximum Gasteiger partial charge on any atom is 0.346 e. The summed E-state index contributed by atoms with van der Waals surface area (Å²) in [5, 5.41) is 7.06. The smallest absolute Gasteiger partial charge is 0.346 e. The Kier molecular flexibility index (Phi) is 4.76. The Morgan fingerprint density at radius 2 is 1.93 bits per heavy atom. The number of aromatic nitrogens is 4. The van der Waals surface area contributed by atoms with E-state index in [-0.39, 0.29) is 56.0 Å². The van der Waals surface area contributed by atoms with Crippen molar-refractivity contribution in [1.29, 1.82) is 0 Å². The van der Waals surface area contributed by atoms with Crippen LogP contribution in [0.4, 0.5) is 0 Å². The fourth-order valence-electron chi connectivity index (χ4n) is 3.22. The summed E-state index contributed by atoms with van der Waals surface area (Å²) in [5.74, 6) is -0.535. The first kappa shape index (κ1) is 18.1. The molecule has 3 heterocycles. The van der Waals surface area contributed by atoms with Gasteiger partial charge in [0, 0.05) is 43.4 Å². The van der Waals surface area contributed by atoms with E-state index in [1.807, 2.05) is 6.07 Å². The van der Waals surface area contributed by atoms with E-state index in [0.717, 1.165) is 23.3 Å². The lowest BCUT2D eigenvalue weighted by Gasteiger charge is -2.13. The molecule has 0 radical (unpaired) electrons. The van der Waals surface area contributed by atoms with Gasteiger partial charge in [0.1, 0.15) is 6.54 Å².